The summed E-state index contributed by atoms with van der Waals surface area (Å²) in [5, 5.41) is 37.2. The Bertz CT molecular complexity index is 508. The van der Waals surface area contributed by atoms with E-state index in [0.29, 0.717) is 0 Å². The third-order valence-electron chi connectivity index (χ3n) is 3.17. The van der Waals surface area contributed by atoms with Crippen molar-refractivity contribution in [3.05, 3.63) is 0 Å². The summed E-state index contributed by atoms with van der Waals surface area (Å²) in [6.07, 6.45) is -5.51. The average Bonchev–Trinajstić information content (AvgIpc) is 2.55. The quantitative estimate of drug-likeness (QED) is 0.115. The first-order valence-corrected chi connectivity index (χ1v) is 9.30. The first-order chi connectivity index (χ1) is 13.5. The maximum absolute atomic E-state index is 11.7. The van der Waals surface area contributed by atoms with Gasteiger partial charge in [-0.2, -0.15) is 0 Å². The molecule has 15 heteroatoms. The van der Waals surface area contributed by atoms with Gasteiger partial charge in [0, 0.05) is 131 Å². The molecule has 182 valence electrons. The fourth-order valence-electron chi connectivity index (χ4n) is 1.95. The Hall–Kier alpha value is 2.63. The summed E-state index contributed by atoms with van der Waals surface area (Å²) in [7, 11) is 0. The zero-order chi connectivity index (χ0) is 22.4. The molecule has 0 fully saturated rings. The Morgan fingerprint density at radius 1 is 0.606 bits per heavy atom. The van der Waals surface area contributed by atoms with Gasteiger partial charge in [-0.1, -0.05) is 0 Å². The second kappa shape index (κ2) is 27.7. The maximum Gasteiger partial charge on any atom is 0.308 e. The van der Waals surface area contributed by atoms with Gasteiger partial charge in [-0.15, -0.1) is 0 Å². The number of carbonyl (C=O) groups excluding carboxylic acids is 3. The van der Waals surface area contributed by atoms with Crippen molar-refractivity contribution in [3.63, 3.8) is 0 Å². The van der Waals surface area contributed by atoms with Gasteiger partial charge in [0.15, 0.2) is 6.10 Å². The molecule has 0 aliphatic carbocycles. The maximum atomic E-state index is 11.7. The fourth-order valence-corrected chi connectivity index (χ4v) is 1.95. The van der Waals surface area contributed by atoms with Crippen LogP contribution in [0.5, 0.6) is 0 Å². The summed E-state index contributed by atoms with van der Waals surface area (Å²) in [5.41, 5.74) is 0. The van der Waals surface area contributed by atoms with E-state index in [1.54, 1.807) is 0 Å². The van der Waals surface area contributed by atoms with Crippen molar-refractivity contribution in [1.82, 2.24) is 0 Å². The predicted molar refractivity (Wildman–Crippen MR) is 97.5 cm³/mol. The molecule has 0 rings (SSSR count). The van der Waals surface area contributed by atoms with Crippen LogP contribution in [0, 0.1) is 0 Å². The van der Waals surface area contributed by atoms with Crippen LogP contribution in [-0.2, 0) is 164 Å². The van der Waals surface area contributed by atoms with Gasteiger partial charge in [-0.25, -0.2) is 0 Å². The Labute approximate surface area is 295 Å². The van der Waals surface area contributed by atoms with Crippen LogP contribution in [-0.4, -0.2) is 95.3 Å². The third kappa shape index (κ3) is 30.7. The largest absolute Gasteiger partial charge is 0.463 e. The molecule has 0 aromatic heterocycles. The van der Waals surface area contributed by atoms with Crippen molar-refractivity contribution in [1.29, 1.82) is 0 Å². The molecule has 0 bridgehead atoms. The Kier molecular flexibility index (Phi) is 38.2. The smallest absolute Gasteiger partial charge is 0.308 e. The Balaban J connectivity index is -0.000000653. The van der Waals surface area contributed by atoms with E-state index in [0.717, 1.165) is 0 Å². The van der Waals surface area contributed by atoms with Crippen LogP contribution >= 0.6 is 0 Å². The van der Waals surface area contributed by atoms with Gasteiger partial charge in [0.2, 0.25) is 0 Å². The Morgan fingerprint density at radius 3 is 1.42 bits per heavy atom. The number of aliphatic hydroxyl groups is 4. The molecule has 4 N–H and O–H groups in total. The van der Waals surface area contributed by atoms with E-state index < -0.39 is 48.4 Å². The van der Waals surface area contributed by atoms with Crippen LogP contribution in [0.2, 0.25) is 0 Å². The van der Waals surface area contributed by atoms with Gasteiger partial charge >= 0.3 is 17.9 Å². The van der Waals surface area contributed by atoms with Crippen molar-refractivity contribution in [2.45, 2.75) is 70.6 Å². The monoisotopic (exact) mass is 780 g/mol. The minimum Gasteiger partial charge on any atom is -0.463 e. The summed E-state index contributed by atoms with van der Waals surface area (Å²) in [6.45, 7) is 3.08. The normalized spacial score (nSPS) is 14.3. The average molecular weight is 780 g/mol. The van der Waals surface area contributed by atoms with E-state index in [2.05, 4.69) is 0 Å². The molecule has 0 heterocycles. The first-order valence-electron chi connectivity index (χ1n) is 9.30. The van der Waals surface area contributed by atoms with Gasteiger partial charge in [0.25, 0.3) is 0 Å². The summed E-state index contributed by atoms with van der Waals surface area (Å²) in [5.74, 6) is -2.09. The number of rotatable bonds is 15. The van der Waals surface area contributed by atoms with Crippen molar-refractivity contribution in [3.8, 4) is 0 Å². The van der Waals surface area contributed by atoms with Crippen LogP contribution in [0.4, 0.5) is 0 Å². The van der Waals surface area contributed by atoms with Crippen LogP contribution in [0.3, 0.4) is 0 Å². The number of aliphatic hydroxyl groups excluding tert-OH is 4. The molecule has 0 spiro atoms. The van der Waals surface area contributed by atoms with Crippen LogP contribution in [0.15, 0.2) is 0 Å². The molecular weight excluding hydrogens is 748 g/mol. The molecule has 0 saturated carbocycles. The van der Waals surface area contributed by atoms with E-state index in [1.165, 1.54) is 20.8 Å². The fraction of sp³-hybridized carbons (Fsp3) is 0.833. The molecule has 0 aromatic rings. The van der Waals surface area contributed by atoms with Crippen molar-refractivity contribution < 1.29 is 185 Å². The molecule has 0 saturated heterocycles. The van der Waals surface area contributed by atoms with Gasteiger partial charge in [0.05, 0.1) is 50.8 Å². The summed E-state index contributed by atoms with van der Waals surface area (Å²) < 4.78 is 20.0. The zero-order valence-electron chi connectivity index (χ0n) is 19.3. The van der Waals surface area contributed by atoms with E-state index in [-0.39, 0.29) is 177 Å². The Morgan fingerprint density at radius 2 is 1.00 bits per heavy atom. The molecule has 5 atom stereocenters. The molecule has 0 aliphatic rings. The van der Waals surface area contributed by atoms with Gasteiger partial charge in [-0.05, 0) is 20.8 Å². The van der Waals surface area contributed by atoms with Gasteiger partial charge in [-0.3, -0.25) is 14.4 Å². The minimum atomic E-state index is -1.15. The summed E-state index contributed by atoms with van der Waals surface area (Å²) in [6, 6.07) is 0. The van der Waals surface area contributed by atoms with Crippen LogP contribution in [0.25, 0.3) is 0 Å². The molecule has 4 radical (unpaired) electrons. The topological polar surface area (TPSA) is 169 Å². The van der Waals surface area contributed by atoms with E-state index >= 15 is 0 Å². The SMILES string of the molecule is CC(O)CC(=O)OCC(O)COCC(COC(=O)CC(C)O)OC(=O)CC(C)O.[Y].[Y].[Y].[Y]. The van der Waals surface area contributed by atoms with Gasteiger partial charge in [0.1, 0.15) is 19.3 Å². The van der Waals surface area contributed by atoms with Gasteiger partial charge < -0.3 is 39.4 Å². The van der Waals surface area contributed by atoms with E-state index in [1.807, 2.05) is 0 Å². The minimum absolute atomic E-state index is 0. The number of esters is 3. The summed E-state index contributed by atoms with van der Waals surface area (Å²) in [4.78, 5) is 34.5. The first kappa shape index (κ1) is 45.5. The molecule has 0 aliphatic heterocycles. The summed E-state index contributed by atoms with van der Waals surface area (Å²) >= 11 is 0. The van der Waals surface area contributed by atoms with E-state index in [4.69, 9.17) is 29.2 Å². The van der Waals surface area contributed by atoms with Crippen LogP contribution < -0.4 is 0 Å². The molecule has 5 unspecified atom stereocenters. The van der Waals surface area contributed by atoms with E-state index in [9.17, 15) is 24.6 Å². The third-order valence-corrected chi connectivity index (χ3v) is 3.17. The zero-order valence-corrected chi connectivity index (χ0v) is 30.6. The van der Waals surface area contributed by atoms with Crippen molar-refractivity contribution in [2.24, 2.45) is 0 Å². The standard InChI is InChI=1S/C18H32O11.4Y/c1-11(19)4-16(23)27-8-14(22)7-26-9-15(29-18(25)6-13(3)21)10-28-17(24)5-12(2)20;;;;/h11-15,19-22H,4-10H2,1-3H3;;;;. The molecule has 0 amide bonds. The second-order valence-electron chi connectivity index (χ2n) is 6.83. The molecule has 0 aromatic carbocycles. The number of hydrogen-bond acceptors (Lipinski definition) is 11. The van der Waals surface area contributed by atoms with Crippen LogP contribution in [0.1, 0.15) is 40.0 Å². The number of hydrogen-bond donors (Lipinski definition) is 4. The molecule has 11 nitrogen and oxygen atoms in total. The number of ether oxygens (including phenoxy) is 4. The molecular formula is C18H32O11Y4. The predicted octanol–water partition coefficient (Wildman–Crippen LogP) is -1.34. The second-order valence-corrected chi connectivity index (χ2v) is 6.83. The van der Waals surface area contributed by atoms with Crippen molar-refractivity contribution in [2.75, 3.05) is 26.4 Å². The van der Waals surface area contributed by atoms with Crippen molar-refractivity contribution >= 4 is 17.9 Å². The number of carbonyl (C=O) groups is 3. The molecule has 33 heavy (non-hydrogen) atoms.